The Balaban J connectivity index is 2.02. The van der Waals surface area contributed by atoms with Crippen LogP contribution in [-0.2, 0) is 4.79 Å². The molecule has 0 bridgehead atoms. The van der Waals surface area contributed by atoms with Crippen molar-refractivity contribution in [2.24, 2.45) is 0 Å². The zero-order valence-corrected chi connectivity index (χ0v) is 14.1. The van der Waals surface area contributed by atoms with Crippen LogP contribution >= 0.6 is 23.2 Å². The summed E-state index contributed by atoms with van der Waals surface area (Å²) in [6.45, 7) is 5.48. The molecule has 0 unspecified atom stereocenters. The first-order valence-electron chi connectivity index (χ1n) is 6.86. The van der Waals surface area contributed by atoms with E-state index in [-0.39, 0.29) is 5.91 Å². The van der Waals surface area contributed by atoms with Gasteiger partial charge in [-0.05, 0) is 62.2 Å². The number of carbonyl (C=O) groups is 1. The maximum atomic E-state index is 12.2. The van der Waals surface area contributed by atoms with Crippen molar-refractivity contribution in [1.29, 1.82) is 0 Å². The summed E-state index contributed by atoms with van der Waals surface area (Å²) in [6.07, 6.45) is -0.638. The first-order valence-corrected chi connectivity index (χ1v) is 7.62. The Labute approximate surface area is 140 Å². The van der Waals surface area contributed by atoms with E-state index in [9.17, 15) is 4.79 Å². The Morgan fingerprint density at radius 1 is 1.05 bits per heavy atom. The SMILES string of the molecule is Cc1cc(O[C@H](C)C(=O)Nc2ccc(C)c(Cl)c2)ccc1Cl. The molecule has 2 aromatic carbocycles. The molecule has 2 rings (SSSR count). The van der Waals surface area contributed by atoms with Crippen molar-refractivity contribution in [2.45, 2.75) is 26.9 Å². The average molecular weight is 338 g/mol. The molecule has 1 atom stereocenters. The summed E-state index contributed by atoms with van der Waals surface area (Å²) in [5.74, 6) is 0.360. The number of anilines is 1. The number of carbonyl (C=O) groups excluding carboxylic acids is 1. The molecular weight excluding hydrogens is 321 g/mol. The molecule has 0 aromatic heterocycles. The number of amides is 1. The Hall–Kier alpha value is -1.71. The van der Waals surface area contributed by atoms with E-state index in [1.54, 1.807) is 37.3 Å². The number of ether oxygens (including phenoxy) is 1. The van der Waals surface area contributed by atoms with Gasteiger partial charge in [0.2, 0.25) is 0 Å². The quantitative estimate of drug-likeness (QED) is 0.850. The van der Waals surface area contributed by atoms with E-state index < -0.39 is 6.10 Å². The Morgan fingerprint density at radius 2 is 1.77 bits per heavy atom. The largest absolute Gasteiger partial charge is 0.481 e. The summed E-state index contributed by atoms with van der Waals surface area (Å²) < 4.78 is 5.63. The van der Waals surface area contributed by atoms with Crippen LogP contribution in [0.2, 0.25) is 10.0 Å². The lowest BCUT2D eigenvalue weighted by atomic mass is 10.2. The highest BCUT2D eigenvalue weighted by Crippen LogP contribution is 2.23. The van der Waals surface area contributed by atoms with Crippen molar-refractivity contribution in [3.8, 4) is 5.75 Å². The van der Waals surface area contributed by atoms with E-state index in [0.717, 1.165) is 11.1 Å². The topological polar surface area (TPSA) is 38.3 Å². The molecule has 0 radical (unpaired) electrons. The van der Waals surface area contributed by atoms with Crippen LogP contribution in [0.4, 0.5) is 5.69 Å². The Kier molecular flexibility index (Phi) is 5.33. The normalized spacial score (nSPS) is 11.9. The van der Waals surface area contributed by atoms with Gasteiger partial charge in [0.05, 0.1) is 0 Å². The molecule has 0 saturated carbocycles. The number of rotatable bonds is 4. The summed E-state index contributed by atoms with van der Waals surface area (Å²) in [6, 6.07) is 10.7. The van der Waals surface area contributed by atoms with Crippen LogP contribution in [0, 0.1) is 13.8 Å². The average Bonchev–Trinajstić information content (AvgIpc) is 2.46. The molecule has 5 heteroatoms. The Bertz CT molecular complexity index is 701. The first-order chi connectivity index (χ1) is 10.4. The van der Waals surface area contributed by atoms with Crippen molar-refractivity contribution < 1.29 is 9.53 Å². The third-order valence-corrected chi connectivity index (χ3v) is 4.08. The summed E-state index contributed by atoms with van der Waals surface area (Å²) >= 11 is 12.0. The van der Waals surface area contributed by atoms with Crippen molar-refractivity contribution in [3.05, 3.63) is 57.6 Å². The minimum absolute atomic E-state index is 0.243. The standard InChI is InChI=1S/C17H17Cl2NO2/c1-10-4-5-13(9-16(10)19)20-17(21)12(3)22-14-6-7-15(18)11(2)8-14/h4-9,12H,1-3H3,(H,20,21)/t12-/m1/s1. The molecule has 2 aromatic rings. The van der Waals surface area contributed by atoms with Crippen LogP contribution in [0.5, 0.6) is 5.75 Å². The second-order valence-electron chi connectivity index (χ2n) is 5.12. The summed E-state index contributed by atoms with van der Waals surface area (Å²) in [5, 5.41) is 4.06. The zero-order valence-electron chi connectivity index (χ0n) is 12.6. The minimum Gasteiger partial charge on any atom is -0.481 e. The van der Waals surface area contributed by atoms with Crippen LogP contribution in [0.3, 0.4) is 0 Å². The second kappa shape index (κ2) is 7.03. The highest BCUT2D eigenvalue weighted by atomic mass is 35.5. The summed E-state index contributed by atoms with van der Waals surface area (Å²) in [7, 11) is 0. The number of halogens is 2. The molecule has 0 spiro atoms. The maximum absolute atomic E-state index is 12.2. The molecule has 116 valence electrons. The molecule has 3 nitrogen and oxygen atoms in total. The molecule has 0 saturated heterocycles. The third-order valence-electron chi connectivity index (χ3n) is 3.25. The van der Waals surface area contributed by atoms with Crippen LogP contribution in [0.25, 0.3) is 0 Å². The van der Waals surface area contributed by atoms with Gasteiger partial charge in [-0.3, -0.25) is 4.79 Å². The third kappa shape index (κ3) is 4.15. The van der Waals surface area contributed by atoms with Crippen LogP contribution in [-0.4, -0.2) is 12.0 Å². The van der Waals surface area contributed by atoms with Gasteiger partial charge in [0.15, 0.2) is 6.10 Å². The first kappa shape index (κ1) is 16.7. The fourth-order valence-corrected chi connectivity index (χ4v) is 2.16. The van der Waals surface area contributed by atoms with Crippen molar-refractivity contribution in [1.82, 2.24) is 0 Å². The predicted molar refractivity (Wildman–Crippen MR) is 91.1 cm³/mol. The fourth-order valence-electron chi connectivity index (χ4n) is 1.86. The Morgan fingerprint density at radius 3 is 2.41 bits per heavy atom. The number of nitrogens with one attached hydrogen (secondary N) is 1. The fraction of sp³-hybridized carbons (Fsp3) is 0.235. The van der Waals surface area contributed by atoms with Gasteiger partial charge in [0.1, 0.15) is 5.75 Å². The highest BCUT2D eigenvalue weighted by molar-refractivity contribution is 6.31. The zero-order chi connectivity index (χ0) is 16.3. The van der Waals surface area contributed by atoms with Gasteiger partial charge in [-0.1, -0.05) is 29.3 Å². The van der Waals surface area contributed by atoms with Crippen molar-refractivity contribution in [3.63, 3.8) is 0 Å². The lowest BCUT2D eigenvalue weighted by molar-refractivity contribution is -0.122. The number of hydrogen-bond acceptors (Lipinski definition) is 2. The lowest BCUT2D eigenvalue weighted by Gasteiger charge is -2.15. The molecule has 0 heterocycles. The van der Waals surface area contributed by atoms with Crippen LogP contribution in [0.1, 0.15) is 18.1 Å². The lowest BCUT2D eigenvalue weighted by Crippen LogP contribution is -2.30. The smallest absolute Gasteiger partial charge is 0.265 e. The molecule has 1 N–H and O–H groups in total. The van der Waals surface area contributed by atoms with Gasteiger partial charge in [-0.15, -0.1) is 0 Å². The molecular formula is C17H17Cl2NO2. The predicted octanol–water partition coefficient (Wildman–Crippen LogP) is 5.02. The van der Waals surface area contributed by atoms with Gasteiger partial charge in [-0.25, -0.2) is 0 Å². The number of benzene rings is 2. The second-order valence-corrected chi connectivity index (χ2v) is 5.94. The monoisotopic (exact) mass is 337 g/mol. The van der Waals surface area contributed by atoms with E-state index in [4.69, 9.17) is 27.9 Å². The van der Waals surface area contributed by atoms with E-state index in [1.165, 1.54) is 0 Å². The van der Waals surface area contributed by atoms with Gasteiger partial charge in [-0.2, -0.15) is 0 Å². The molecule has 1 amide bonds. The molecule has 0 aliphatic rings. The summed E-state index contributed by atoms with van der Waals surface area (Å²) in [5.41, 5.74) is 2.50. The van der Waals surface area contributed by atoms with Gasteiger partial charge in [0, 0.05) is 15.7 Å². The molecule has 0 aliphatic heterocycles. The molecule has 0 aliphatic carbocycles. The highest BCUT2D eigenvalue weighted by Gasteiger charge is 2.15. The van der Waals surface area contributed by atoms with E-state index in [2.05, 4.69) is 5.32 Å². The van der Waals surface area contributed by atoms with Crippen molar-refractivity contribution >= 4 is 34.8 Å². The van der Waals surface area contributed by atoms with E-state index in [1.807, 2.05) is 19.9 Å². The van der Waals surface area contributed by atoms with Gasteiger partial charge >= 0.3 is 0 Å². The number of aryl methyl sites for hydroxylation is 2. The van der Waals surface area contributed by atoms with E-state index >= 15 is 0 Å². The van der Waals surface area contributed by atoms with Gasteiger partial charge in [0.25, 0.3) is 5.91 Å². The van der Waals surface area contributed by atoms with Crippen molar-refractivity contribution in [2.75, 3.05) is 5.32 Å². The van der Waals surface area contributed by atoms with Gasteiger partial charge < -0.3 is 10.1 Å². The summed E-state index contributed by atoms with van der Waals surface area (Å²) in [4.78, 5) is 12.2. The van der Waals surface area contributed by atoms with Crippen LogP contribution < -0.4 is 10.1 Å². The molecule has 22 heavy (non-hydrogen) atoms. The molecule has 0 fully saturated rings. The van der Waals surface area contributed by atoms with Crippen LogP contribution in [0.15, 0.2) is 36.4 Å². The minimum atomic E-state index is -0.638. The number of hydrogen-bond donors (Lipinski definition) is 1. The van der Waals surface area contributed by atoms with E-state index in [0.29, 0.717) is 21.5 Å². The maximum Gasteiger partial charge on any atom is 0.265 e.